The normalized spacial score (nSPS) is 25.9. The first-order chi connectivity index (χ1) is 9.30. The van der Waals surface area contributed by atoms with Crippen LogP contribution >= 0.6 is 0 Å². The fraction of sp³-hybridized carbons (Fsp3) is 0.588. The Bertz CT molecular complexity index is 434. The second kappa shape index (κ2) is 5.46. The third-order valence-corrected chi connectivity index (χ3v) is 5.05. The Labute approximate surface area is 115 Å². The molecule has 0 aromatic heterocycles. The maximum atomic E-state index is 12.7. The summed E-state index contributed by atoms with van der Waals surface area (Å²) < 4.78 is 0. The standard InChI is InChI=1S/C17H23NO/c19-16-15(7-6-14-4-2-1-3-5-14)8-9-17(16)10-12-18-13-11-17/h1-5,15,18H,6-13H2. The molecule has 1 heterocycles. The molecule has 0 radical (unpaired) electrons. The van der Waals surface area contributed by atoms with Gasteiger partial charge in [0.25, 0.3) is 0 Å². The van der Waals surface area contributed by atoms with Gasteiger partial charge in [-0.2, -0.15) is 0 Å². The first-order valence-electron chi connectivity index (χ1n) is 7.59. The fourth-order valence-corrected chi connectivity index (χ4v) is 3.80. The van der Waals surface area contributed by atoms with Crippen LogP contribution in [0, 0.1) is 11.3 Å². The summed E-state index contributed by atoms with van der Waals surface area (Å²) in [6.07, 6.45) is 6.46. The molecule has 2 aliphatic rings. The Kier molecular flexibility index (Phi) is 3.69. The van der Waals surface area contributed by atoms with E-state index in [-0.39, 0.29) is 5.41 Å². The van der Waals surface area contributed by atoms with Gasteiger partial charge in [0, 0.05) is 11.3 Å². The molecule has 1 aromatic rings. The van der Waals surface area contributed by atoms with Crippen molar-refractivity contribution in [1.82, 2.24) is 5.32 Å². The SMILES string of the molecule is O=C1C(CCc2ccccc2)CCC12CCNCC2. The van der Waals surface area contributed by atoms with Crippen molar-refractivity contribution in [3.63, 3.8) is 0 Å². The van der Waals surface area contributed by atoms with Gasteiger partial charge in [-0.3, -0.25) is 4.79 Å². The van der Waals surface area contributed by atoms with Crippen molar-refractivity contribution in [1.29, 1.82) is 0 Å². The molecule has 0 bridgehead atoms. The summed E-state index contributed by atoms with van der Waals surface area (Å²) in [6.45, 7) is 2.05. The highest BCUT2D eigenvalue weighted by Crippen LogP contribution is 2.46. The average Bonchev–Trinajstić information content (AvgIpc) is 2.76. The van der Waals surface area contributed by atoms with Crippen molar-refractivity contribution >= 4 is 5.78 Å². The molecule has 1 aromatic carbocycles. The van der Waals surface area contributed by atoms with E-state index in [1.165, 1.54) is 5.56 Å². The largest absolute Gasteiger partial charge is 0.317 e. The average molecular weight is 257 g/mol. The summed E-state index contributed by atoms with van der Waals surface area (Å²) in [7, 11) is 0. The van der Waals surface area contributed by atoms with Crippen molar-refractivity contribution in [3.8, 4) is 0 Å². The zero-order chi connectivity index (χ0) is 13.1. The molecular formula is C17H23NO. The van der Waals surface area contributed by atoms with E-state index >= 15 is 0 Å². The van der Waals surface area contributed by atoms with E-state index in [1.54, 1.807) is 0 Å². The number of aryl methyl sites for hydroxylation is 1. The van der Waals surface area contributed by atoms with Crippen LogP contribution in [-0.2, 0) is 11.2 Å². The molecule has 1 aliphatic carbocycles. The van der Waals surface area contributed by atoms with Crippen LogP contribution in [0.5, 0.6) is 0 Å². The van der Waals surface area contributed by atoms with Gasteiger partial charge in [-0.15, -0.1) is 0 Å². The van der Waals surface area contributed by atoms with Gasteiger partial charge in [-0.25, -0.2) is 0 Å². The maximum absolute atomic E-state index is 12.7. The summed E-state index contributed by atoms with van der Waals surface area (Å²) in [4.78, 5) is 12.7. The second-order valence-corrected chi connectivity index (χ2v) is 6.15. The first kappa shape index (κ1) is 12.9. The minimum absolute atomic E-state index is 0.0482. The van der Waals surface area contributed by atoms with E-state index in [0.29, 0.717) is 11.7 Å². The zero-order valence-corrected chi connectivity index (χ0v) is 11.5. The Balaban J connectivity index is 1.60. The van der Waals surface area contributed by atoms with Crippen molar-refractivity contribution in [2.24, 2.45) is 11.3 Å². The first-order valence-corrected chi connectivity index (χ1v) is 7.59. The quantitative estimate of drug-likeness (QED) is 0.902. The van der Waals surface area contributed by atoms with Crippen molar-refractivity contribution in [3.05, 3.63) is 35.9 Å². The van der Waals surface area contributed by atoms with Gasteiger partial charge in [-0.05, 0) is 57.2 Å². The van der Waals surface area contributed by atoms with Crippen molar-refractivity contribution in [2.75, 3.05) is 13.1 Å². The molecule has 19 heavy (non-hydrogen) atoms. The fourth-order valence-electron chi connectivity index (χ4n) is 3.80. The highest BCUT2D eigenvalue weighted by Gasteiger charge is 2.47. The van der Waals surface area contributed by atoms with Gasteiger partial charge in [0.15, 0.2) is 0 Å². The number of carbonyl (C=O) groups excluding carboxylic acids is 1. The van der Waals surface area contributed by atoms with E-state index in [1.807, 2.05) is 6.07 Å². The molecule has 2 heteroatoms. The van der Waals surface area contributed by atoms with Crippen LogP contribution in [0.4, 0.5) is 0 Å². The lowest BCUT2D eigenvalue weighted by Crippen LogP contribution is -2.40. The van der Waals surface area contributed by atoms with Crippen molar-refractivity contribution in [2.45, 2.75) is 38.5 Å². The number of ketones is 1. The van der Waals surface area contributed by atoms with Gasteiger partial charge >= 0.3 is 0 Å². The number of benzene rings is 1. The van der Waals surface area contributed by atoms with Gasteiger partial charge in [-0.1, -0.05) is 30.3 Å². The predicted molar refractivity (Wildman–Crippen MR) is 77.0 cm³/mol. The topological polar surface area (TPSA) is 29.1 Å². The van der Waals surface area contributed by atoms with Crippen LogP contribution in [0.3, 0.4) is 0 Å². The maximum Gasteiger partial charge on any atom is 0.142 e. The van der Waals surface area contributed by atoms with Crippen LogP contribution < -0.4 is 5.32 Å². The van der Waals surface area contributed by atoms with E-state index in [4.69, 9.17) is 0 Å². The molecule has 1 saturated heterocycles. The molecule has 102 valence electrons. The lowest BCUT2D eigenvalue weighted by Gasteiger charge is -2.32. The van der Waals surface area contributed by atoms with E-state index in [2.05, 4.69) is 29.6 Å². The van der Waals surface area contributed by atoms with Crippen LogP contribution in [-0.4, -0.2) is 18.9 Å². The number of piperidine rings is 1. The lowest BCUT2D eigenvalue weighted by atomic mass is 9.75. The molecule has 1 spiro atoms. The minimum atomic E-state index is 0.0482. The number of Topliss-reactive ketones (excluding diaryl/α,β-unsaturated/α-hetero) is 1. The molecule has 2 nitrogen and oxygen atoms in total. The molecule has 1 aliphatic heterocycles. The summed E-state index contributed by atoms with van der Waals surface area (Å²) in [6, 6.07) is 10.5. The molecule has 3 rings (SSSR count). The molecule has 1 unspecified atom stereocenters. The number of rotatable bonds is 3. The summed E-state index contributed by atoms with van der Waals surface area (Å²) in [5, 5.41) is 3.38. The summed E-state index contributed by atoms with van der Waals surface area (Å²) in [5.41, 5.74) is 1.41. The zero-order valence-electron chi connectivity index (χ0n) is 11.5. The molecule has 1 saturated carbocycles. The Morgan fingerprint density at radius 3 is 2.58 bits per heavy atom. The molecular weight excluding hydrogens is 234 g/mol. The minimum Gasteiger partial charge on any atom is -0.317 e. The predicted octanol–water partition coefficient (Wildman–Crippen LogP) is 2.97. The molecule has 2 fully saturated rings. The number of hydrogen-bond acceptors (Lipinski definition) is 2. The molecule has 1 atom stereocenters. The Morgan fingerprint density at radius 1 is 1.11 bits per heavy atom. The van der Waals surface area contributed by atoms with Gasteiger partial charge < -0.3 is 5.32 Å². The van der Waals surface area contributed by atoms with Crippen LogP contribution in [0.1, 0.15) is 37.7 Å². The third kappa shape index (κ3) is 2.59. The molecule has 0 amide bonds. The monoisotopic (exact) mass is 257 g/mol. The van der Waals surface area contributed by atoms with Gasteiger partial charge in [0.1, 0.15) is 5.78 Å². The van der Waals surface area contributed by atoms with E-state index < -0.39 is 0 Å². The van der Waals surface area contributed by atoms with E-state index in [0.717, 1.165) is 51.6 Å². The smallest absolute Gasteiger partial charge is 0.142 e. The van der Waals surface area contributed by atoms with Gasteiger partial charge in [0.05, 0.1) is 0 Å². The lowest BCUT2D eigenvalue weighted by molar-refractivity contribution is -0.130. The summed E-state index contributed by atoms with van der Waals surface area (Å²) in [5.74, 6) is 0.892. The van der Waals surface area contributed by atoms with E-state index in [9.17, 15) is 4.79 Å². The third-order valence-electron chi connectivity index (χ3n) is 5.05. The number of carbonyl (C=O) groups is 1. The summed E-state index contributed by atoms with van der Waals surface area (Å²) >= 11 is 0. The Morgan fingerprint density at radius 2 is 1.84 bits per heavy atom. The number of hydrogen-bond donors (Lipinski definition) is 1. The van der Waals surface area contributed by atoms with Crippen LogP contribution in [0.15, 0.2) is 30.3 Å². The van der Waals surface area contributed by atoms with Gasteiger partial charge in [0.2, 0.25) is 0 Å². The second-order valence-electron chi connectivity index (χ2n) is 6.15. The van der Waals surface area contributed by atoms with Crippen LogP contribution in [0.2, 0.25) is 0 Å². The highest BCUT2D eigenvalue weighted by molar-refractivity contribution is 5.89. The highest BCUT2D eigenvalue weighted by atomic mass is 16.1. The van der Waals surface area contributed by atoms with Crippen LogP contribution in [0.25, 0.3) is 0 Å². The Hall–Kier alpha value is -1.15. The van der Waals surface area contributed by atoms with Crippen molar-refractivity contribution < 1.29 is 4.79 Å². The number of nitrogens with one attached hydrogen (secondary N) is 1. The molecule has 1 N–H and O–H groups in total.